The maximum atomic E-state index is 5.41. The third-order valence-electron chi connectivity index (χ3n) is 3.42. The van der Waals surface area contributed by atoms with E-state index in [4.69, 9.17) is 4.74 Å². The number of para-hydroxylation sites is 1. The predicted octanol–water partition coefficient (Wildman–Crippen LogP) is 2.96. The highest BCUT2D eigenvalue weighted by molar-refractivity contribution is 5.70. The molecular formula is C14H16N2O. The van der Waals surface area contributed by atoms with Crippen LogP contribution >= 0.6 is 0 Å². The first kappa shape index (κ1) is 10.4. The zero-order valence-corrected chi connectivity index (χ0v) is 9.99. The Morgan fingerprint density at radius 2 is 2.00 bits per heavy atom. The Morgan fingerprint density at radius 1 is 1.18 bits per heavy atom. The number of hydrogen-bond acceptors (Lipinski definition) is 2. The third-order valence-corrected chi connectivity index (χ3v) is 3.42. The van der Waals surface area contributed by atoms with Crippen molar-refractivity contribution in [3.8, 4) is 17.0 Å². The van der Waals surface area contributed by atoms with Crippen LogP contribution < -0.4 is 4.74 Å². The number of hydrogen-bond donors (Lipinski definition) is 1. The van der Waals surface area contributed by atoms with Gasteiger partial charge >= 0.3 is 0 Å². The van der Waals surface area contributed by atoms with Crippen LogP contribution in [0.25, 0.3) is 11.3 Å². The van der Waals surface area contributed by atoms with Gasteiger partial charge in [0.2, 0.25) is 0 Å². The van der Waals surface area contributed by atoms with Crippen LogP contribution in [-0.2, 0) is 12.8 Å². The predicted molar refractivity (Wildman–Crippen MR) is 67.2 cm³/mol. The molecule has 0 spiro atoms. The molecule has 0 aliphatic heterocycles. The van der Waals surface area contributed by atoms with Gasteiger partial charge in [0.05, 0.1) is 12.8 Å². The quantitative estimate of drug-likeness (QED) is 0.858. The van der Waals surface area contributed by atoms with Gasteiger partial charge in [0.1, 0.15) is 5.75 Å². The SMILES string of the molecule is COc1ccccc1-c1n[nH]c2c1CCCC2. The molecule has 0 radical (unpaired) electrons. The van der Waals surface area contributed by atoms with Crippen LogP contribution in [0.2, 0.25) is 0 Å². The van der Waals surface area contributed by atoms with Gasteiger partial charge in [-0.25, -0.2) is 0 Å². The van der Waals surface area contributed by atoms with Crippen molar-refractivity contribution < 1.29 is 4.74 Å². The van der Waals surface area contributed by atoms with E-state index in [1.807, 2.05) is 18.2 Å². The van der Waals surface area contributed by atoms with E-state index in [-0.39, 0.29) is 0 Å². The van der Waals surface area contributed by atoms with Gasteiger partial charge in [-0.1, -0.05) is 12.1 Å². The Hall–Kier alpha value is -1.77. The van der Waals surface area contributed by atoms with Crippen molar-refractivity contribution in [2.75, 3.05) is 7.11 Å². The second-order valence-corrected chi connectivity index (χ2v) is 4.44. The molecule has 1 aromatic heterocycles. The summed E-state index contributed by atoms with van der Waals surface area (Å²) in [7, 11) is 1.71. The van der Waals surface area contributed by atoms with Crippen LogP contribution in [0, 0.1) is 0 Å². The molecule has 3 heteroatoms. The van der Waals surface area contributed by atoms with Gasteiger partial charge in [0.25, 0.3) is 0 Å². The summed E-state index contributed by atoms with van der Waals surface area (Å²) in [4.78, 5) is 0. The standard InChI is InChI=1S/C14H16N2O/c1-17-13-9-5-3-7-11(13)14-10-6-2-4-8-12(10)15-16-14/h3,5,7,9H,2,4,6,8H2,1H3,(H,15,16). The number of aromatic amines is 1. The van der Waals surface area contributed by atoms with E-state index >= 15 is 0 Å². The van der Waals surface area contributed by atoms with Crippen molar-refractivity contribution in [1.29, 1.82) is 0 Å². The van der Waals surface area contributed by atoms with Crippen molar-refractivity contribution in [3.63, 3.8) is 0 Å². The van der Waals surface area contributed by atoms with Crippen LogP contribution in [0.15, 0.2) is 24.3 Å². The first-order chi connectivity index (χ1) is 8.40. The minimum Gasteiger partial charge on any atom is -0.496 e. The molecule has 0 atom stereocenters. The maximum absolute atomic E-state index is 5.41. The van der Waals surface area contributed by atoms with Crippen LogP contribution in [0.1, 0.15) is 24.1 Å². The molecule has 0 fully saturated rings. The lowest BCUT2D eigenvalue weighted by Crippen LogP contribution is -2.01. The lowest BCUT2D eigenvalue weighted by atomic mass is 9.93. The summed E-state index contributed by atoms with van der Waals surface area (Å²) < 4.78 is 5.41. The number of rotatable bonds is 2. The van der Waals surface area contributed by atoms with Crippen molar-refractivity contribution in [1.82, 2.24) is 10.2 Å². The molecule has 1 aromatic carbocycles. The molecule has 1 aliphatic rings. The number of fused-ring (bicyclic) bond motifs is 1. The van der Waals surface area contributed by atoms with E-state index in [2.05, 4.69) is 16.3 Å². The molecule has 0 unspecified atom stereocenters. The minimum absolute atomic E-state index is 0.896. The number of ether oxygens (including phenoxy) is 1. The average molecular weight is 228 g/mol. The van der Waals surface area contributed by atoms with Crippen molar-refractivity contribution in [3.05, 3.63) is 35.5 Å². The van der Waals surface area contributed by atoms with Gasteiger partial charge in [-0.15, -0.1) is 0 Å². The van der Waals surface area contributed by atoms with E-state index < -0.39 is 0 Å². The molecule has 88 valence electrons. The Balaban J connectivity index is 2.12. The maximum Gasteiger partial charge on any atom is 0.128 e. The van der Waals surface area contributed by atoms with Crippen LogP contribution in [0.5, 0.6) is 5.75 Å². The van der Waals surface area contributed by atoms with Crippen LogP contribution in [0.4, 0.5) is 0 Å². The molecule has 3 nitrogen and oxygen atoms in total. The van der Waals surface area contributed by atoms with Gasteiger partial charge in [0, 0.05) is 16.8 Å². The number of nitrogens with one attached hydrogen (secondary N) is 1. The molecule has 2 aromatic rings. The summed E-state index contributed by atoms with van der Waals surface area (Å²) in [5, 5.41) is 7.64. The van der Waals surface area contributed by atoms with Gasteiger partial charge in [-0.05, 0) is 37.8 Å². The number of H-pyrrole nitrogens is 1. The van der Waals surface area contributed by atoms with E-state index in [9.17, 15) is 0 Å². The molecule has 0 saturated heterocycles. The zero-order chi connectivity index (χ0) is 11.7. The van der Waals surface area contributed by atoms with Gasteiger partial charge in [-0.2, -0.15) is 5.10 Å². The Labute approximate surface area is 101 Å². The number of nitrogens with zero attached hydrogens (tertiary/aromatic N) is 1. The van der Waals surface area contributed by atoms with E-state index in [1.54, 1.807) is 7.11 Å². The molecule has 1 N–H and O–H groups in total. The van der Waals surface area contributed by atoms with E-state index in [0.29, 0.717) is 0 Å². The van der Waals surface area contributed by atoms with Gasteiger partial charge in [0.15, 0.2) is 0 Å². The van der Waals surface area contributed by atoms with Gasteiger partial charge < -0.3 is 4.74 Å². The van der Waals surface area contributed by atoms with Crippen LogP contribution in [0.3, 0.4) is 0 Å². The molecule has 0 amide bonds. The molecule has 1 aliphatic carbocycles. The molecule has 1 heterocycles. The molecule has 0 saturated carbocycles. The highest BCUT2D eigenvalue weighted by atomic mass is 16.5. The minimum atomic E-state index is 0.896. The van der Waals surface area contributed by atoms with Crippen molar-refractivity contribution >= 4 is 0 Å². The Bertz CT molecular complexity index is 531. The second kappa shape index (κ2) is 4.24. The fourth-order valence-electron chi connectivity index (χ4n) is 2.54. The lowest BCUT2D eigenvalue weighted by Gasteiger charge is -2.12. The summed E-state index contributed by atoms with van der Waals surface area (Å²) in [6.07, 6.45) is 4.77. The molecular weight excluding hydrogens is 212 g/mol. The largest absolute Gasteiger partial charge is 0.496 e. The normalized spacial score (nSPS) is 14.4. The van der Waals surface area contributed by atoms with Crippen molar-refractivity contribution in [2.24, 2.45) is 0 Å². The topological polar surface area (TPSA) is 37.9 Å². The summed E-state index contributed by atoms with van der Waals surface area (Å²) in [6, 6.07) is 8.08. The lowest BCUT2D eigenvalue weighted by molar-refractivity contribution is 0.416. The number of benzene rings is 1. The molecule has 17 heavy (non-hydrogen) atoms. The third kappa shape index (κ3) is 1.71. The number of methoxy groups -OCH3 is 1. The Kier molecular flexibility index (Phi) is 2.59. The zero-order valence-electron chi connectivity index (χ0n) is 9.99. The molecule has 0 bridgehead atoms. The first-order valence-corrected chi connectivity index (χ1v) is 6.09. The van der Waals surface area contributed by atoms with E-state index in [0.717, 1.165) is 29.8 Å². The highest BCUT2D eigenvalue weighted by Gasteiger charge is 2.19. The first-order valence-electron chi connectivity index (χ1n) is 6.09. The number of aryl methyl sites for hydroxylation is 1. The Morgan fingerprint density at radius 3 is 2.88 bits per heavy atom. The van der Waals surface area contributed by atoms with Crippen molar-refractivity contribution in [2.45, 2.75) is 25.7 Å². The summed E-state index contributed by atoms with van der Waals surface area (Å²) in [5.41, 5.74) is 4.84. The highest BCUT2D eigenvalue weighted by Crippen LogP contribution is 2.34. The van der Waals surface area contributed by atoms with Crippen LogP contribution in [-0.4, -0.2) is 17.3 Å². The monoisotopic (exact) mass is 228 g/mol. The smallest absolute Gasteiger partial charge is 0.128 e. The second-order valence-electron chi connectivity index (χ2n) is 4.44. The summed E-state index contributed by atoms with van der Waals surface area (Å²) in [5.74, 6) is 0.896. The fraction of sp³-hybridized carbons (Fsp3) is 0.357. The fourth-order valence-corrected chi connectivity index (χ4v) is 2.54. The average Bonchev–Trinajstić information content (AvgIpc) is 2.82. The van der Waals surface area contributed by atoms with E-state index in [1.165, 1.54) is 24.1 Å². The van der Waals surface area contributed by atoms with Gasteiger partial charge in [-0.3, -0.25) is 5.10 Å². The number of aromatic nitrogens is 2. The molecule has 3 rings (SSSR count). The summed E-state index contributed by atoms with van der Waals surface area (Å²) in [6.45, 7) is 0. The summed E-state index contributed by atoms with van der Waals surface area (Å²) >= 11 is 0.